The number of carbonyl (C=O) groups excluding carboxylic acids is 2. The molecule has 132 valence electrons. The van der Waals surface area contributed by atoms with Crippen LogP contribution in [0.25, 0.3) is 0 Å². The molecule has 0 radical (unpaired) electrons. The highest BCUT2D eigenvalue weighted by atomic mass is 16.5. The Labute approximate surface area is 147 Å². The van der Waals surface area contributed by atoms with Gasteiger partial charge in [-0.05, 0) is 56.2 Å². The van der Waals surface area contributed by atoms with E-state index in [2.05, 4.69) is 10.9 Å². The molecule has 6 heteroatoms. The topological polar surface area (TPSA) is 76.7 Å². The molecule has 0 spiro atoms. The summed E-state index contributed by atoms with van der Waals surface area (Å²) in [5, 5.41) is 0. The van der Waals surface area contributed by atoms with Crippen molar-refractivity contribution in [2.45, 2.75) is 20.8 Å². The molecule has 0 unspecified atom stereocenters. The van der Waals surface area contributed by atoms with Gasteiger partial charge >= 0.3 is 0 Å². The summed E-state index contributed by atoms with van der Waals surface area (Å²) in [6.07, 6.45) is 0. The van der Waals surface area contributed by atoms with Gasteiger partial charge in [0, 0.05) is 0 Å². The molecule has 0 heterocycles. The van der Waals surface area contributed by atoms with Crippen LogP contribution in [0.5, 0.6) is 11.5 Å². The molecule has 0 aliphatic rings. The number of para-hydroxylation sites is 1. The molecule has 0 fully saturated rings. The van der Waals surface area contributed by atoms with E-state index in [1.54, 1.807) is 30.3 Å². The predicted octanol–water partition coefficient (Wildman–Crippen LogP) is 2.54. The average Bonchev–Trinajstić information content (AvgIpc) is 2.61. The van der Waals surface area contributed by atoms with E-state index < -0.39 is 11.8 Å². The Balaban J connectivity index is 1.85. The summed E-state index contributed by atoms with van der Waals surface area (Å²) >= 11 is 0. The summed E-state index contributed by atoms with van der Waals surface area (Å²) in [5.41, 5.74) is 7.26. The van der Waals surface area contributed by atoms with Gasteiger partial charge in [-0.2, -0.15) is 0 Å². The Bertz CT molecular complexity index is 759. The van der Waals surface area contributed by atoms with E-state index >= 15 is 0 Å². The Kier molecular flexibility index (Phi) is 6.39. The van der Waals surface area contributed by atoms with Gasteiger partial charge in [-0.25, -0.2) is 0 Å². The third-order valence-electron chi connectivity index (χ3n) is 3.60. The first-order valence-corrected chi connectivity index (χ1v) is 8.02. The van der Waals surface area contributed by atoms with Crippen molar-refractivity contribution in [3.63, 3.8) is 0 Å². The summed E-state index contributed by atoms with van der Waals surface area (Å²) in [4.78, 5) is 24.0. The molecule has 2 aromatic carbocycles. The van der Waals surface area contributed by atoms with E-state index in [0.717, 1.165) is 11.1 Å². The van der Waals surface area contributed by atoms with Crippen LogP contribution in [0.15, 0.2) is 42.5 Å². The normalized spacial score (nSPS) is 10.0. The Morgan fingerprint density at radius 2 is 1.72 bits per heavy atom. The van der Waals surface area contributed by atoms with Crippen molar-refractivity contribution in [1.29, 1.82) is 0 Å². The van der Waals surface area contributed by atoms with Crippen molar-refractivity contribution in [3.05, 3.63) is 59.2 Å². The molecule has 2 amide bonds. The lowest BCUT2D eigenvalue weighted by atomic mass is 10.1. The molecule has 2 aromatic rings. The van der Waals surface area contributed by atoms with E-state index in [9.17, 15) is 9.59 Å². The minimum absolute atomic E-state index is 0.199. The first-order chi connectivity index (χ1) is 12.0. The molecule has 0 bridgehead atoms. The third kappa shape index (κ3) is 5.24. The summed E-state index contributed by atoms with van der Waals surface area (Å²) in [6.45, 7) is 6.05. The SMILES string of the molecule is CCOc1ccccc1C(=O)NNC(=O)COc1ccc(C)c(C)c1. The van der Waals surface area contributed by atoms with Crippen LogP contribution in [0.4, 0.5) is 0 Å². The number of carbonyl (C=O) groups is 2. The minimum Gasteiger partial charge on any atom is -0.493 e. The van der Waals surface area contributed by atoms with Gasteiger partial charge in [-0.3, -0.25) is 20.4 Å². The maximum absolute atomic E-state index is 12.2. The Morgan fingerprint density at radius 3 is 2.44 bits per heavy atom. The molecule has 0 aliphatic heterocycles. The molecule has 25 heavy (non-hydrogen) atoms. The molecular weight excluding hydrogens is 320 g/mol. The molecular formula is C19H22N2O4. The lowest BCUT2D eigenvalue weighted by Gasteiger charge is -2.12. The zero-order valence-corrected chi connectivity index (χ0v) is 14.6. The maximum Gasteiger partial charge on any atom is 0.276 e. The smallest absolute Gasteiger partial charge is 0.276 e. The van der Waals surface area contributed by atoms with Crippen LogP contribution in [-0.4, -0.2) is 25.0 Å². The second-order valence-electron chi connectivity index (χ2n) is 5.47. The summed E-state index contributed by atoms with van der Waals surface area (Å²) in [5.74, 6) is 0.151. The first kappa shape index (κ1) is 18.3. The van der Waals surface area contributed by atoms with Crippen LogP contribution in [0, 0.1) is 13.8 Å². The van der Waals surface area contributed by atoms with Gasteiger partial charge in [0.25, 0.3) is 11.8 Å². The molecule has 0 atom stereocenters. The van der Waals surface area contributed by atoms with Gasteiger partial charge in [0.1, 0.15) is 11.5 Å². The predicted molar refractivity (Wildman–Crippen MR) is 94.6 cm³/mol. The molecule has 0 aromatic heterocycles. The molecule has 2 rings (SSSR count). The van der Waals surface area contributed by atoms with Gasteiger partial charge in [0.05, 0.1) is 12.2 Å². The number of amides is 2. The van der Waals surface area contributed by atoms with Crippen molar-refractivity contribution in [1.82, 2.24) is 10.9 Å². The largest absolute Gasteiger partial charge is 0.493 e. The standard InChI is InChI=1S/C19H22N2O4/c1-4-24-17-8-6-5-7-16(17)19(23)21-20-18(22)12-25-15-10-9-13(2)14(3)11-15/h5-11H,4,12H2,1-3H3,(H,20,22)(H,21,23). The summed E-state index contributed by atoms with van der Waals surface area (Å²) in [6, 6.07) is 12.4. The second-order valence-corrected chi connectivity index (χ2v) is 5.47. The van der Waals surface area contributed by atoms with Crippen molar-refractivity contribution < 1.29 is 19.1 Å². The van der Waals surface area contributed by atoms with E-state index in [1.165, 1.54) is 0 Å². The molecule has 0 aliphatic carbocycles. The van der Waals surface area contributed by atoms with Gasteiger partial charge in [0.2, 0.25) is 0 Å². The van der Waals surface area contributed by atoms with Crippen LogP contribution in [0.3, 0.4) is 0 Å². The van der Waals surface area contributed by atoms with Crippen LogP contribution >= 0.6 is 0 Å². The number of hydrogen-bond acceptors (Lipinski definition) is 4. The van der Waals surface area contributed by atoms with Gasteiger partial charge < -0.3 is 9.47 Å². The third-order valence-corrected chi connectivity index (χ3v) is 3.60. The van der Waals surface area contributed by atoms with Crippen LogP contribution < -0.4 is 20.3 Å². The van der Waals surface area contributed by atoms with E-state index in [1.807, 2.05) is 32.9 Å². The van der Waals surface area contributed by atoms with Gasteiger partial charge in [0.15, 0.2) is 6.61 Å². The molecule has 0 saturated carbocycles. The number of ether oxygens (including phenoxy) is 2. The van der Waals surface area contributed by atoms with Crippen molar-refractivity contribution in [3.8, 4) is 11.5 Å². The number of aryl methyl sites for hydroxylation is 2. The van der Waals surface area contributed by atoms with Gasteiger partial charge in [-0.1, -0.05) is 18.2 Å². The monoisotopic (exact) mass is 342 g/mol. The lowest BCUT2D eigenvalue weighted by molar-refractivity contribution is -0.123. The van der Waals surface area contributed by atoms with Crippen LogP contribution in [0.1, 0.15) is 28.4 Å². The maximum atomic E-state index is 12.2. The zero-order valence-electron chi connectivity index (χ0n) is 14.6. The average molecular weight is 342 g/mol. The highest BCUT2D eigenvalue weighted by Gasteiger charge is 2.12. The van der Waals surface area contributed by atoms with E-state index in [0.29, 0.717) is 23.7 Å². The van der Waals surface area contributed by atoms with E-state index in [-0.39, 0.29) is 6.61 Å². The van der Waals surface area contributed by atoms with Crippen molar-refractivity contribution >= 4 is 11.8 Å². The van der Waals surface area contributed by atoms with Crippen molar-refractivity contribution in [2.75, 3.05) is 13.2 Å². The highest BCUT2D eigenvalue weighted by molar-refractivity contribution is 5.97. The van der Waals surface area contributed by atoms with Crippen LogP contribution in [0.2, 0.25) is 0 Å². The molecule has 2 N–H and O–H groups in total. The second kappa shape index (κ2) is 8.73. The van der Waals surface area contributed by atoms with Crippen molar-refractivity contribution in [2.24, 2.45) is 0 Å². The van der Waals surface area contributed by atoms with Crippen LogP contribution in [-0.2, 0) is 4.79 Å². The lowest BCUT2D eigenvalue weighted by Crippen LogP contribution is -2.43. The summed E-state index contributed by atoms with van der Waals surface area (Å²) < 4.78 is 10.8. The number of hydrazine groups is 1. The quantitative estimate of drug-likeness (QED) is 0.791. The highest BCUT2D eigenvalue weighted by Crippen LogP contribution is 2.17. The Hall–Kier alpha value is -3.02. The fourth-order valence-electron chi connectivity index (χ4n) is 2.12. The fraction of sp³-hybridized carbons (Fsp3) is 0.263. The number of nitrogens with one attached hydrogen (secondary N) is 2. The molecule has 6 nitrogen and oxygen atoms in total. The minimum atomic E-state index is -0.458. The summed E-state index contributed by atoms with van der Waals surface area (Å²) in [7, 11) is 0. The zero-order chi connectivity index (χ0) is 18.2. The molecule has 0 saturated heterocycles. The Morgan fingerprint density at radius 1 is 0.960 bits per heavy atom. The van der Waals surface area contributed by atoms with E-state index in [4.69, 9.17) is 9.47 Å². The number of benzene rings is 2. The number of rotatable bonds is 6. The first-order valence-electron chi connectivity index (χ1n) is 8.02. The van der Waals surface area contributed by atoms with Gasteiger partial charge in [-0.15, -0.1) is 0 Å². The number of hydrogen-bond donors (Lipinski definition) is 2. The fourth-order valence-corrected chi connectivity index (χ4v) is 2.12.